The molecule has 2 aromatic heterocycles. The molecule has 0 N–H and O–H groups in total. The van der Waals surface area contributed by atoms with E-state index in [2.05, 4.69) is 223 Å². The molecule has 8 aromatic carbocycles. The Kier molecular flexibility index (Phi) is 9.14. The van der Waals surface area contributed by atoms with Gasteiger partial charge in [-0.25, -0.2) is 0 Å². The average Bonchev–Trinajstić information content (AvgIpc) is 3.83. The van der Waals surface area contributed by atoms with Gasteiger partial charge in [0.25, 0.3) is 0 Å². The Morgan fingerprint density at radius 3 is 1.88 bits per heavy atom. The lowest BCUT2D eigenvalue weighted by Gasteiger charge is -2.27. The van der Waals surface area contributed by atoms with Crippen molar-refractivity contribution in [3.63, 3.8) is 0 Å². The van der Waals surface area contributed by atoms with E-state index in [-0.39, 0.29) is 0 Å². The first-order chi connectivity index (χ1) is 28.7. The maximum atomic E-state index is 3.94. The molecule has 0 fully saturated rings. The Bertz CT molecular complexity index is 3200. The van der Waals surface area contributed by atoms with Gasteiger partial charge < -0.3 is 9.47 Å². The molecule has 0 bridgehead atoms. The molecule has 2 nitrogen and oxygen atoms in total. The normalized spacial score (nSPS) is 12.0. The number of aromatic nitrogens is 1. The molecule has 0 unspecified atom stereocenters. The highest BCUT2D eigenvalue weighted by Gasteiger charge is 2.17. The first-order valence-corrected chi connectivity index (χ1v) is 20.6. The van der Waals surface area contributed by atoms with Gasteiger partial charge in [0.1, 0.15) is 0 Å². The molecule has 0 saturated heterocycles. The zero-order valence-electron chi connectivity index (χ0n) is 32.2. The molecule has 0 radical (unpaired) electrons. The molecule has 0 aliphatic carbocycles. The summed E-state index contributed by atoms with van der Waals surface area (Å²) in [6.07, 6.45) is 8.07. The molecule has 10 aromatic rings. The number of nitrogens with zero attached hydrogens (tertiary/aromatic N) is 2. The predicted molar refractivity (Wildman–Crippen MR) is 252 cm³/mol. The highest BCUT2D eigenvalue weighted by molar-refractivity contribution is 7.25. The molecule has 0 spiro atoms. The smallest absolute Gasteiger partial charge is 0.0547 e. The molecule has 276 valence electrons. The second kappa shape index (κ2) is 15.0. The number of rotatable bonds is 9. The van der Waals surface area contributed by atoms with Crippen molar-refractivity contribution in [3.05, 3.63) is 225 Å². The SMILES string of the molecule is C=C/C=C\C(=C/C)N(c1ccc(-c2ccccc2)cc1)c1cccc(-c2cccc(-c3ccc4c5ccccc5n(-c5ccc6c(c5)sc5ccccc56)c4c3)c2)c1. The van der Waals surface area contributed by atoms with Gasteiger partial charge in [-0.05, 0) is 107 Å². The monoisotopic (exact) mass is 760 g/mol. The summed E-state index contributed by atoms with van der Waals surface area (Å²) in [7, 11) is 0. The number of para-hydroxylation sites is 1. The maximum absolute atomic E-state index is 3.94. The van der Waals surface area contributed by atoms with E-state index in [1.54, 1.807) is 0 Å². The lowest BCUT2D eigenvalue weighted by molar-refractivity contribution is 1.19. The fraction of sp³-hybridized carbons (Fsp3) is 0.0182. The standard InChI is InChI=1S/C55H40N2S/c1-3-5-20-44(4-2)56(45-29-26-39(27-30-45)38-15-7-6-8-16-38)46-21-14-19-42(35-46)40-17-13-18-41(34-40)43-28-32-49-48-22-9-11-24-52(48)57(53(49)36-43)47-31-33-51-50-23-10-12-25-54(50)58-55(51)37-47/h3-37H,1H2,2H3/b20-5-,44-4+. The molecule has 0 atom stereocenters. The van der Waals surface area contributed by atoms with Crippen molar-refractivity contribution in [2.75, 3.05) is 4.90 Å². The molecule has 0 aliphatic heterocycles. The van der Waals surface area contributed by atoms with E-state index in [1.807, 2.05) is 23.5 Å². The van der Waals surface area contributed by atoms with Crippen LogP contribution in [-0.4, -0.2) is 4.57 Å². The number of thiophene rings is 1. The second-order valence-corrected chi connectivity index (χ2v) is 15.6. The Hall–Kier alpha value is -7.20. The molecule has 10 rings (SSSR count). The van der Waals surface area contributed by atoms with Gasteiger partial charge in [-0.3, -0.25) is 0 Å². The lowest BCUT2D eigenvalue weighted by Crippen LogP contribution is -2.15. The van der Waals surface area contributed by atoms with E-state index in [1.165, 1.54) is 75.5 Å². The van der Waals surface area contributed by atoms with Gasteiger partial charge in [0, 0.05) is 53.7 Å². The maximum Gasteiger partial charge on any atom is 0.0547 e. The van der Waals surface area contributed by atoms with Crippen molar-refractivity contribution in [1.29, 1.82) is 0 Å². The van der Waals surface area contributed by atoms with Crippen molar-refractivity contribution >= 4 is 64.7 Å². The third-order valence-electron chi connectivity index (χ3n) is 11.1. The summed E-state index contributed by atoms with van der Waals surface area (Å²) in [5.74, 6) is 0. The minimum Gasteiger partial charge on any atom is -0.311 e. The minimum absolute atomic E-state index is 1.06. The van der Waals surface area contributed by atoms with Crippen molar-refractivity contribution < 1.29 is 0 Å². The summed E-state index contributed by atoms with van der Waals surface area (Å²) in [6, 6.07) is 68.5. The van der Waals surface area contributed by atoms with Crippen LogP contribution in [0.15, 0.2) is 225 Å². The molecular weight excluding hydrogens is 721 g/mol. The number of anilines is 2. The fourth-order valence-corrected chi connectivity index (χ4v) is 9.47. The Balaban J connectivity index is 1.04. The second-order valence-electron chi connectivity index (χ2n) is 14.6. The van der Waals surface area contributed by atoms with Crippen LogP contribution in [0.25, 0.3) is 81.0 Å². The van der Waals surface area contributed by atoms with Crippen LogP contribution in [-0.2, 0) is 0 Å². The first kappa shape index (κ1) is 35.2. The average molecular weight is 761 g/mol. The van der Waals surface area contributed by atoms with Gasteiger partial charge >= 0.3 is 0 Å². The Morgan fingerprint density at radius 1 is 0.483 bits per heavy atom. The van der Waals surface area contributed by atoms with Crippen molar-refractivity contribution in [2.45, 2.75) is 6.92 Å². The van der Waals surface area contributed by atoms with Gasteiger partial charge in [0.2, 0.25) is 0 Å². The van der Waals surface area contributed by atoms with E-state index in [0.717, 1.165) is 22.6 Å². The van der Waals surface area contributed by atoms with Gasteiger partial charge in [-0.1, -0.05) is 152 Å². The molecule has 2 heterocycles. The first-order valence-electron chi connectivity index (χ1n) is 19.7. The molecule has 0 aliphatic rings. The van der Waals surface area contributed by atoms with E-state index in [0.29, 0.717) is 0 Å². The number of allylic oxidation sites excluding steroid dienone is 4. The minimum atomic E-state index is 1.06. The Labute approximate surface area is 343 Å². The quantitative estimate of drug-likeness (QED) is 0.133. The van der Waals surface area contributed by atoms with E-state index >= 15 is 0 Å². The molecule has 3 heteroatoms. The fourth-order valence-electron chi connectivity index (χ4n) is 8.33. The van der Waals surface area contributed by atoms with Gasteiger partial charge in [0.05, 0.1) is 11.0 Å². The van der Waals surface area contributed by atoms with Crippen LogP contribution < -0.4 is 4.90 Å². The highest BCUT2D eigenvalue weighted by Crippen LogP contribution is 2.40. The molecule has 0 saturated carbocycles. The number of hydrogen-bond donors (Lipinski definition) is 0. The van der Waals surface area contributed by atoms with Crippen LogP contribution in [0.4, 0.5) is 11.4 Å². The van der Waals surface area contributed by atoms with Crippen LogP contribution in [0.1, 0.15) is 6.92 Å². The third kappa shape index (κ3) is 6.32. The zero-order chi connectivity index (χ0) is 39.0. The van der Waals surface area contributed by atoms with Crippen LogP contribution in [0.3, 0.4) is 0 Å². The third-order valence-corrected chi connectivity index (χ3v) is 12.3. The summed E-state index contributed by atoms with van der Waals surface area (Å²) < 4.78 is 5.06. The molecule has 0 amide bonds. The van der Waals surface area contributed by atoms with E-state index in [4.69, 9.17) is 0 Å². The van der Waals surface area contributed by atoms with Crippen LogP contribution in [0, 0.1) is 0 Å². The van der Waals surface area contributed by atoms with Gasteiger partial charge in [0.15, 0.2) is 0 Å². The summed E-state index contributed by atoms with van der Waals surface area (Å²) in [4.78, 5) is 2.31. The zero-order valence-corrected chi connectivity index (χ0v) is 33.0. The highest BCUT2D eigenvalue weighted by atomic mass is 32.1. The van der Waals surface area contributed by atoms with Crippen LogP contribution in [0.2, 0.25) is 0 Å². The van der Waals surface area contributed by atoms with Crippen LogP contribution >= 0.6 is 11.3 Å². The molecule has 58 heavy (non-hydrogen) atoms. The topological polar surface area (TPSA) is 8.17 Å². The van der Waals surface area contributed by atoms with Crippen molar-refractivity contribution in [2.24, 2.45) is 0 Å². The summed E-state index contributed by atoms with van der Waals surface area (Å²) >= 11 is 1.86. The van der Waals surface area contributed by atoms with E-state index < -0.39 is 0 Å². The van der Waals surface area contributed by atoms with E-state index in [9.17, 15) is 0 Å². The van der Waals surface area contributed by atoms with Gasteiger partial charge in [-0.15, -0.1) is 11.3 Å². The lowest BCUT2D eigenvalue weighted by atomic mass is 9.97. The Morgan fingerprint density at radius 2 is 1.09 bits per heavy atom. The van der Waals surface area contributed by atoms with Crippen molar-refractivity contribution in [3.8, 4) is 39.1 Å². The van der Waals surface area contributed by atoms with Gasteiger partial charge in [-0.2, -0.15) is 0 Å². The summed E-state index contributed by atoms with van der Waals surface area (Å²) in [5.41, 5.74) is 13.9. The number of hydrogen-bond acceptors (Lipinski definition) is 2. The number of fused-ring (bicyclic) bond motifs is 6. The summed E-state index contributed by atoms with van der Waals surface area (Å²) in [6.45, 7) is 6.02. The largest absolute Gasteiger partial charge is 0.311 e. The molecular formula is C55H40N2S. The number of benzene rings is 8. The van der Waals surface area contributed by atoms with Crippen LogP contribution in [0.5, 0.6) is 0 Å². The predicted octanol–water partition coefficient (Wildman–Crippen LogP) is 15.9. The summed E-state index contributed by atoms with van der Waals surface area (Å²) in [5, 5.41) is 5.14. The van der Waals surface area contributed by atoms with Crippen molar-refractivity contribution in [1.82, 2.24) is 4.57 Å².